The van der Waals surface area contributed by atoms with Crippen molar-refractivity contribution in [1.82, 2.24) is 0 Å². The highest BCUT2D eigenvalue weighted by molar-refractivity contribution is 5.34. The summed E-state index contributed by atoms with van der Waals surface area (Å²) in [5.41, 5.74) is 0.192. The minimum atomic E-state index is -0.511. The molecule has 0 spiro atoms. The summed E-state index contributed by atoms with van der Waals surface area (Å²) >= 11 is 0. The van der Waals surface area contributed by atoms with Crippen LogP contribution < -0.4 is 0 Å². The van der Waals surface area contributed by atoms with Crippen LogP contribution in [0.3, 0.4) is 0 Å². The lowest BCUT2D eigenvalue weighted by atomic mass is 9.79. The van der Waals surface area contributed by atoms with Gasteiger partial charge in [-0.25, -0.2) is 8.78 Å². The number of halogens is 2. The molecular weight excluding hydrogens is 218 g/mol. The molecular formula is C15H22F2. The maximum absolute atomic E-state index is 14.0. The fraction of sp³-hybridized carbons (Fsp3) is 0.600. The lowest BCUT2D eigenvalue weighted by molar-refractivity contribution is 0.456. The maximum atomic E-state index is 14.0. The minimum absolute atomic E-state index is 0.174. The van der Waals surface area contributed by atoms with Gasteiger partial charge in [0.1, 0.15) is 11.6 Å². The third-order valence-corrected chi connectivity index (χ3v) is 3.46. The van der Waals surface area contributed by atoms with Gasteiger partial charge in [0.15, 0.2) is 0 Å². The predicted octanol–water partition coefficient (Wildman–Crippen LogP) is 4.95. The fourth-order valence-corrected chi connectivity index (χ4v) is 1.88. The Bertz CT molecular complexity index is 388. The zero-order chi connectivity index (χ0) is 13.4. The number of hydrogen-bond acceptors (Lipinski definition) is 0. The Balaban J connectivity index is 3.38. The van der Waals surface area contributed by atoms with E-state index in [9.17, 15) is 8.78 Å². The monoisotopic (exact) mass is 240 g/mol. The molecule has 0 aliphatic carbocycles. The molecule has 0 aliphatic heterocycles. The van der Waals surface area contributed by atoms with Gasteiger partial charge in [-0.1, -0.05) is 41.5 Å². The van der Waals surface area contributed by atoms with Crippen LogP contribution >= 0.6 is 0 Å². The Morgan fingerprint density at radius 3 is 1.65 bits per heavy atom. The molecule has 1 aromatic rings. The van der Waals surface area contributed by atoms with Crippen molar-refractivity contribution >= 4 is 0 Å². The average Bonchev–Trinajstić information content (AvgIpc) is 2.14. The lowest BCUT2D eigenvalue weighted by Gasteiger charge is -2.26. The van der Waals surface area contributed by atoms with Gasteiger partial charge >= 0.3 is 0 Å². The van der Waals surface area contributed by atoms with E-state index in [1.54, 1.807) is 0 Å². The first-order valence-electron chi connectivity index (χ1n) is 6.09. The van der Waals surface area contributed by atoms with E-state index in [2.05, 4.69) is 0 Å². The number of hydrogen-bond donors (Lipinski definition) is 0. The highest BCUT2D eigenvalue weighted by Gasteiger charge is 2.27. The molecule has 0 fully saturated rings. The molecule has 17 heavy (non-hydrogen) atoms. The van der Waals surface area contributed by atoms with E-state index in [0.717, 1.165) is 12.0 Å². The molecule has 0 aromatic heterocycles. The van der Waals surface area contributed by atoms with Crippen molar-refractivity contribution in [2.45, 2.75) is 58.8 Å². The topological polar surface area (TPSA) is 0 Å². The molecule has 0 nitrogen and oxygen atoms in total. The van der Waals surface area contributed by atoms with Gasteiger partial charge in [0.05, 0.1) is 0 Å². The summed E-state index contributed by atoms with van der Waals surface area (Å²) in [5, 5.41) is 0. The molecule has 0 saturated heterocycles. The van der Waals surface area contributed by atoms with E-state index in [1.165, 1.54) is 12.1 Å². The zero-order valence-electron chi connectivity index (χ0n) is 11.6. The van der Waals surface area contributed by atoms with Crippen molar-refractivity contribution in [3.8, 4) is 0 Å². The summed E-state index contributed by atoms with van der Waals surface area (Å²) < 4.78 is 28.1. The van der Waals surface area contributed by atoms with Crippen LogP contribution in [0.4, 0.5) is 8.78 Å². The predicted molar refractivity (Wildman–Crippen MR) is 68.4 cm³/mol. The van der Waals surface area contributed by atoms with Gasteiger partial charge in [0, 0.05) is 5.56 Å². The highest BCUT2D eigenvalue weighted by atomic mass is 19.1. The maximum Gasteiger partial charge on any atom is 0.130 e. The van der Waals surface area contributed by atoms with Gasteiger partial charge in [-0.2, -0.15) is 0 Å². The van der Waals surface area contributed by atoms with Crippen LogP contribution in [0.15, 0.2) is 12.1 Å². The van der Waals surface area contributed by atoms with Crippen LogP contribution in [0, 0.1) is 11.6 Å². The van der Waals surface area contributed by atoms with E-state index in [4.69, 9.17) is 0 Å². The van der Waals surface area contributed by atoms with Gasteiger partial charge in [-0.05, 0) is 34.9 Å². The van der Waals surface area contributed by atoms with Gasteiger partial charge < -0.3 is 0 Å². The average molecular weight is 240 g/mol. The first-order chi connectivity index (χ1) is 7.59. The Kier molecular flexibility index (Phi) is 3.66. The van der Waals surface area contributed by atoms with Crippen LogP contribution in [0.1, 0.15) is 59.1 Å². The molecule has 96 valence electrons. The first-order valence-corrected chi connectivity index (χ1v) is 6.09. The summed E-state index contributed by atoms with van der Waals surface area (Å²) in [6.45, 7) is 11.5. The van der Waals surface area contributed by atoms with E-state index < -0.39 is 17.0 Å². The standard InChI is InChI=1S/C15H22F2/c1-7-15(5,6)10-8-11(16)13(12(17)9-10)14(2,3)4/h8-9H,7H2,1-6H3. The molecule has 0 radical (unpaired) electrons. The second-order valence-electron chi connectivity index (χ2n) is 6.30. The Morgan fingerprint density at radius 2 is 1.35 bits per heavy atom. The lowest BCUT2D eigenvalue weighted by Crippen LogP contribution is -2.20. The molecule has 0 atom stereocenters. The van der Waals surface area contributed by atoms with E-state index in [0.29, 0.717) is 0 Å². The Labute approximate surface area is 103 Å². The van der Waals surface area contributed by atoms with Crippen LogP contribution in [-0.4, -0.2) is 0 Å². The summed E-state index contributed by atoms with van der Waals surface area (Å²) in [6, 6.07) is 2.96. The molecule has 2 heteroatoms. The van der Waals surface area contributed by atoms with E-state index in [-0.39, 0.29) is 11.0 Å². The zero-order valence-corrected chi connectivity index (χ0v) is 11.6. The summed E-state index contributed by atoms with van der Waals surface area (Å²) in [4.78, 5) is 0. The smallest absolute Gasteiger partial charge is 0.130 e. The molecule has 0 unspecified atom stereocenters. The summed E-state index contributed by atoms with van der Waals surface area (Å²) in [7, 11) is 0. The molecule has 0 saturated carbocycles. The fourth-order valence-electron chi connectivity index (χ4n) is 1.88. The van der Waals surface area contributed by atoms with Crippen molar-refractivity contribution in [3.63, 3.8) is 0 Å². The van der Waals surface area contributed by atoms with Crippen molar-refractivity contribution in [1.29, 1.82) is 0 Å². The molecule has 1 aromatic carbocycles. The Hall–Kier alpha value is -0.920. The third-order valence-electron chi connectivity index (χ3n) is 3.46. The first kappa shape index (κ1) is 14.1. The SMILES string of the molecule is CCC(C)(C)c1cc(F)c(C(C)(C)C)c(F)c1. The Morgan fingerprint density at radius 1 is 0.941 bits per heavy atom. The molecule has 0 aliphatic rings. The second kappa shape index (κ2) is 4.40. The van der Waals surface area contributed by atoms with Crippen LogP contribution in [-0.2, 0) is 10.8 Å². The highest BCUT2D eigenvalue weighted by Crippen LogP contribution is 2.33. The van der Waals surface area contributed by atoms with Crippen LogP contribution in [0.5, 0.6) is 0 Å². The van der Waals surface area contributed by atoms with E-state index >= 15 is 0 Å². The minimum Gasteiger partial charge on any atom is -0.207 e. The molecule has 0 amide bonds. The molecule has 0 bridgehead atoms. The molecule has 0 N–H and O–H groups in total. The van der Waals surface area contributed by atoms with Crippen LogP contribution in [0.2, 0.25) is 0 Å². The van der Waals surface area contributed by atoms with Gasteiger partial charge in [-0.15, -0.1) is 0 Å². The molecule has 0 heterocycles. The quantitative estimate of drug-likeness (QED) is 0.686. The van der Waals surface area contributed by atoms with Crippen molar-refractivity contribution in [2.75, 3.05) is 0 Å². The summed E-state index contributed by atoms with van der Waals surface area (Å²) in [6.07, 6.45) is 0.848. The van der Waals surface area contributed by atoms with Gasteiger partial charge in [0.2, 0.25) is 0 Å². The van der Waals surface area contributed by atoms with Gasteiger partial charge in [0.25, 0.3) is 0 Å². The van der Waals surface area contributed by atoms with Crippen molar-refractivity contribution in [2.24, 2.45) is 0 Å². The number of benzene rings is 1. The second-order valence-corrected chi connectivity index (χ2v) is 6.30. The van der Waals surface area contributed by atoms with Gasteiger partial charge in [-0.3, -0.25) is 0 Å². The van der Waals surface area contributed by atoms with Crippen LogP contribution in [0.25, 0.3) is 0 Å². The normalized spacial score (nSPS) is 12.9. The van der Waals surface area contributed by atoms with Crippen molar-refractivity contribution < 1.29 is 8.78 Å². The largest absolute Gasteiger partial charge is 0.207 e. The van der Waals surface area contributed by atoms with E-state index in [1.807, 2.05) is 41.5 Å². The van der Waals surface area contributed by atoms with Crippen molar-refractivity contribution in [3.05, 3.63) is 34.9 Å². The number of rotatable bonds is 2. The third kappa shape index (κ3) is 2.85. The molecule has 1 rings (SSSR count). The summed E-state index contributed by atoms with van der Waals surface area (Å²) in [5.74, 6) is -0.872.